The van der Waals surface area contributed by atoms with E-state index in [0.717, 1.165) is 25.9 Å². The highest BCUT2D eigenvalue weighted by Gasteiger charge is 2.14. The molecule has 0 aliphatic rings. The monoisotopic (exact) mass is 439 g/mol. The highest BCUT2D eigenvalue weighted by atomic mass is 16.2. The van der Waals surface area contributed by atoms with Crippen LogP contribution >= 0.6 is 0 Å². The molecule has 0 atom stereocenters. The minimum atomic E-state index is -0.0714. The quantitative estimate of drug-likeness (QED) is 0.193. The third-order valence-electron chi connectivity index (χ3n) is 5.95. The van der Waals surface area contributed by atoms with Crippen molar-refractivity contribution >= 4 is 11.8 Å². The van der Waals surface area contributed by atoms with E-state index in [-0.39, 0.29) is 18.2 Å². The second kappa shape index (κ2) is 23.6. The van der Waals surface area contributed by atoms with Crippen LogP contribution in [0.25, 0.3) is 0 Å². The van der Waals surface area contributed by atoms with Gasteiger partial charge in [-0.05, 0) is 12.8 Å². The molecule has 0 fully saturated rings. The predicted molar refractivity (Wildman–Crippen MR) is 133 cm³/mol. The van der Waals surface area contributed by atoms with Crippen LogP contribution in [0.1, 0.15) is 129 Å². The lowest BCUT2D eigenvalue weighted by Crippen LogP contribution is -2.35. The van der Waals surface area contributed by atoms with Crippen LogP contribution in [-0.2, 0) is 9.59 Å². The third kappa shape index (κ3) is 20.6. The summed E-state index contributed by atoms with van der Waals surface area (Å²) in [6.45, 7) is 7.10. The van der Waals surface area contributed by atoms with E-state index in [1.165, 1.54) is 89.9 Å². The van der Waals surface area contributed by atoms with Gasteiger partial charge in [0, 0.05) is 39.0 Å². The first-order valence-electron chi connectivity index (χ1n) is 13.4. The van der Waals surface area contributed by atoms with Crippen molar-refractivity contribution in [3.05, 3.63) is 0 Å². The average Bonchev–Trinajstić information content (AvgIpc) is 2.78. The summed E-state index contributed by atoms with van der Waals surface area (Å²) in [5.74, 6) is 0.0618. The molecular formula is C26H53N3O2. The van der Waals surface area contributed by atoms with Crippen LogP contribution in [0.3, 0.4) is 0 Å². The molecule has 5 nitrogen and oxygen atoms in total. The molecule has 0 rings (SSSR count). The molecule has 0 saturated carbocycles. The minimum Gasteiger partial charge on any atom is -0.355 e. The van der Waals surface area contributed by atoms with E-state index >= 15 is 0 Å². The van der Waals surface area contributed by atoms with Crippen LogP contribution in [0.4, 0.5) is 0 Å². The van der Waals surface area contributed by atoms with Crippen LogP contribution in [0, 0.1) is 0 Å². The number of nitrogens with two attached hydrogens (primary N) is 1. The number of carbonyl (C=O) groups excluding carboxylic acids is 2. The van der Waals surface area contributed by atoms with Crippen molar-refractivity contribution in [3.8, 4) is 0 Å². The van der Waals surface area contributed by atoms with Gasteiger partial charge in [0.05, 0.1) is 0 Å². The fraction of sp³-hybridized carbons (Fsp3) is 0.923. The molecule has 3 N–H and O–H groups in total. The zero-order valence-electron chi connectivity index (χ0n) is 20.9. The fourth-order valence-electron chi connectivity index (χ4n) is 3.91. The lowest BCUT2D eigenvalue weighted by molar-refractivity contribution is -0.133. The molecular weight excluding hydrogens is 386 g/mol. The summed E-state index contributed by atoms with van der Waals surface area (Å²) in [6.07, 6.45) is 21.0. The lowest BCUT2D eigenvalue weighted by atomic mass is 10.1. The van der Waals surface area contributed by atoms with Crippen LogP contribution in [0.5, 0.6) is 0 Å². The molecule has 0 aliphatic carbocycles. The number of hydrogen-bond donors (Lipinski definition) is 2. The number of nitrogens with zero attached hydrogens (tertiary/aromatic N) is 1. The summed E-state index contributed by atoms with van der Waals surface area (Å²) in [5, 5.41) is 2.75. The highest BCUT2D eigenvalue weighted by Crippen LogP contribution is 2.12. The van der Waals surface area contributed by atoms with E-state index in [4.69, 9.17) is 5.73 Å². The van der Waals surface area contributed by atoms with Crippen molar-refractivity contribution in [1.29, 1.82) is 0 Å². The van der Waals surface area contributed by atoms with Gasteiger partial charge in [-0.1, -0.05) is 104 Å². The van der Waals surface area contributed by atoms with E-state index in [0.29, 0.717) is 19.5 Å². The Morgan fingerprint density at radius 3 is 1.48 bits per heavy atom. The minimum absolute atomic E-state index is 0.0714. The molecule has 0 saturated heterocycles. The highest BCUT2D eigenvalue weighted by molar-refractivity contribution is 5.83. The van der Waals surface area contributed by atoms with Crippen LogP contribution < -0.4 is 11.1 Å². The van der Waals surface area contributed by atoms with Gasteiger partial charge in [0.15, 0.2) is 0 Å². The first-order chi connectivity index (χ1) is 15.2. The Labute approximate surface area is 193 Å². The second-order valence-electron chi connectivity index (χ2n) is 8.97. The molecule has 0 heterocycles. The van der Waals surface area contributed by atoms with Gasteiger partial charge in [-0.2, -0.15) is 0 Å². The molecule has 0 aromatic heterocycles. The van der Waals surface area contributed by atoms with Crippen molar-refractivity contribution in [3.63, 3.8) is 0 Å². The Kier molecular flexibility index (Phi) is 22.7. The smallest absolute Gasteiger partial charge is 0.223 e. The van der Waals surface area contributed by atoms with Crippen molar-refractivity contribution in [1.82, 2.24) is 10.2 Å². The van der Waals surface area contributed by atoms with Crippen molar-refractivity contribution in [2.24, 2.45) is 5.73 Å². The van der Waals surface area contributed by atoms with Crippen molar-refractivity contribution in [2.45, 2.75) is 129 Å². The number of nitrogens with one attached hydrogen (secondary N) is 1. The Bertz CT molecular complexity index is 395. The summed E-state index contributed by atoms with van der Waals surface area (Å²) in [4.78, 5) is 26.5. The average molecular weight is 440 g/mol. The van der Waals surface area contributed by atoms with Gasteiger partial charge >= 0.3 is 0 Å². The summed E-state index contributed by atoms with van der Waals surface area (Å²) in [5.41, 5.74) is 5.42. The van der Waals surface area contributed by atoms with Crippen LogP contribution in [0.15, 0.2) is 0 Å². The first-order valence-corrected chi connectivity index (χ1v) is 13.4. The van der Waals surface area contributed by atoms with Gasteiger partial charge in [0.25, 0.3) is 0 Å². The molecule has 0 aromatic carbocycles. The molecule has 0 aliphatic heterocycles. The Morgan fingerprint density at radius 2 is 1.06 bits per heavy atom. The maximum absolute atomic E-state index is 12.7. The van der Waals surface area contributed by atoms with E-state index < -0.39 is 0 Å². The molecule has 0 aromatic rings. The lowest BCUT2D eigenvalue weighted by Gasteiger charge is -2.23. The maximum atomic E-state index is 12.7. The van der Waals surface area contributed by atoms with Gasteiger partial charge in [0.1, 0.15) is 0 Å². The SMILES string of the molecule is CCCCCCCCCCN(CCCCCCCCCC)C(=O)CCC(=O)NCCN. The standard InChI is InChI=1S/C26H53N3O2/c1-3-5-7-9-11-13-15-17-23-29(24-18-16-14-12-10-8-6-4-2)26(31)20-19-25(30)28-22-21-27/h3-24,27H2,1-2H3,(H,28,30). The van der Waals surface area contributed by atoms with Crippen LogP contribution in [0.2, 0.25) is 0 Å². The largest absolute Gasteiger partial charge is 0.355 e. The Balaban J connectivity index is 4.16. The molecule has 5 heteroatoms. The zero-order chi connectivity index (χ0) is 23.0. The van der Waals surface area contributed by atoms with E-state index in [1.54, 1.807) is 0 Å². The summed E-state index contributed by atoms with van der Waals surface area (Å²) in [7, 11) is 0. The molecule has 184 valence electrons. The number of hydrogen-bond acceptors (Lipinski definition) is 3. The van der Waals surface area contributed by atoms with Crippen molar-refractivity contribution < 1.29 is 9.59 Å². The first kappa shape index (κ1) is 29.9. The topological polar surface area (TPSA) is 75.4 Å². The van der Waals surface area contributed by atoms with Gasteiger partial charge in [-0.3, -0.25) is 9.59 Å². The Morgan fingerprint density at radius 1 is 0.645 bits per heavy atom. The van der Waals surface area contributed by atoms with Gasteiger partial charge < -0.3 is 16.0 Å². The molecule has 0 bridgehead atoms. The summed E-state index contributed by atoms with van der Waals surface area (Å²) < 4.78 is 0. The molecule has 0 radical (unpaired) electrons. The number of unbranched alkanes of at least 4 members (excludes halogenated alkanes) is 14. The van der Waals surface area contributed by atoms with Gasteiger partial charge in [0.2, 0.25) is 11.8 Å². The number of carbonyl (C=O) groups is 2. The molecule has 0 spiro atoms. The molecule has 0 unspecified atom stereocenters. The molecule has 31 heavy (non-hydrogen) atoms. The van der Waals surface area contributed by atoms with E-state index in [9.17, 15) is 9.59 Å². The summed E-state index contributed by atoms with van der Waals surface area (Å²) in [6, 6.07) is 0. The maximum Gasteiger partial charge on any atom is 0.223 e. The fourth-order valence-corrected chi connectivity index (χ4v) is 3.91. The normalized spacial score (nSPS) is 10.9. The zero-order valence-corrected chi connectivity index (χ0v) is 20.9. The van der Waals surface area contributed by atoms with Gasteiger partial charge in [-0.15, -0.1) is 0 Å². The molecule has 2 amide bonds. The predicted octanol–water partition coefficient (Wildman–Crippen LogP) is 5.95. The van der Waals surface area contributed by atoms with Crippen LogP contribution in [-0.4, -0.2) is 42.9 Å². The van der Waals surface area contributed by atoms with Crippen molar-refractivity contribution in [2.75, 3.05) is 26.2 Å². The van der Waals surface area contributed by atoms with E-state index in [1.807, 2.05) is 4.90 Å². The van der Waals surface area contributed by atoms with Gasteiger partial charge in [-0.25, -0.2) is 0 Å². The number of rotatable bonds is 23. The third-order valence-corrected chi connectivity index (χ3v) is 5.95. The van der Waals surface area contributed by atoms with E-state index in [2.05, 4.69) is 19.2 Å². The second-order valence-corrected chi connectivity index (χ2v) is 8.97. The summed E-state index contributed by atoms with van der Waals surface area (Å²) >= 11 is 0. The number of amides is 2. The Hall–Kier alpha value is -1.10.